The number of aliphatic hydroxyl groups is 1. The third-order valence-corrected chi connectivity index (χ3v) is 6.42. The molecule has 0 amide bonds. The van der Waals surface area contributed by atoms with Crippen molar-refractivity contribution in [1.82, 2.24) is 4.90 Å². The highest BCUT2D eigenvalue weighted by Gasteiger charge is 2.42. The largest absolute Gasteiger partial charge is 0.388 e. The van der Waals surface area contributed by atoms with Crippen molar-refractivity contribution < 1.29 is 5.11 Å². The van der Waals surface area contributed by atoms with Crippen LogP contribution in [0, 0.1) is 11.8 Å². The van der Waals surface area contributed by atoms with Gasteiger partial charge < -0.3 is 5.11 Å². The van der Waals surface area contributed by atoms with E-state index in [1.165, 1.54) is 30.4 Å². The first kappa shape index (κ1) is 19.2. The van der Waals surface area contributed by atoms with E-state index >= 15 is 0 Å². The van der Waals surface area contributed by atoms with Crippen LogP contribution in [0.4, 0.5) is 0 Å². The van der Waals surface area contributed by atoms with Gasteiger partial charge in [0.05, 0.1) is 6.10 Å². The number of nitrogens with zero attached hydrogens (tertiary/aromatic N) is 1. The van der Waals surface area contributed by atoms with Gasteiger partial charge in [0.25, 0.3) is 0 Å². The fourth-order valence-corrected chi connectivity index (χ4v) is 5.08. The van der Waals surface area contributed by atoms with Gasteiger partial charge >= 0.3 is 0 Å². The van der Waals surface area contributed by atoms with E-state index in [4.69, 9.17) is 0 Å². The lowest BCUT2D eigenvalue weighted by Gasteiger charge is -2.36. The molecule has 28 heavy (non-hydrogen) atoms. The van der Waals surface area contributed by atoms with Crippen molar-refractivity contribution in [2.45, 2.75) is 44.4 Å². The summed E-state index contributed by atoms with van der Waals surface area (Å²) < 4.78 is 0. The summed E-state index contributed by atoms with van der Waals surface area (Å²) in [6.07, 6.45) is 8.59. The average molecular weight is 374 g/mol. The average Bonchev–Trinajstić information content (AvgIpc) is 3.05. The molecule has 146 valence electrons. The first-order chi connectivity index (χ1) is 13.7. The van der Waals surface area contributed by atoms with Gasteiger partial charge in [0, 0.05) is 25.0 Å². The van der Waals surface area contributed by atoms with Crippen molar-refractivity contribution in [2.75, 3.05) is 6.54 Å². The Morgan fingerprint density at radius 3 is 2.50 bits per heavy atom. The molecule has 1 aliphatic heterocycles. The van der Waals surface area contributed by atoms with Gasteiger partial charge in [-0.15, -0.1) is 0 Å². The maximum Gasteiger partial charge on any atom is 0.0824 e. The topological polar surface area (TPSA) is 23.5 Å². The summed E-state index contributed by atoms with van der Waals surface area (Å²) in [6.45, 7) is 6.48. The van der Waals surface area contributed by atoms with Crippen LogP contribution in [0.1, 0.15) is 42.9 Å². The number of rotatable bonds is 6. The zero-order valence-electron chi connectivity index (χ0n) is 16.6. The predicted molar refractivity (Wildman–Crippen MR) is 116 cm³/mol. The minimum absolute atomic E-state index is 0.418. The van der Waals surface area contributed by atoms with Crippen molar-refractivity contribution >= 4 is 0 Å². The summed E-state index contributed by atoms with van der Waals surface area (Å²) in [7, 11) is 0. The highest BCUT2D eigenvalue weighted by atomic mass is 16.3. The molecule has 1 heterocycles. The van der Waals surface area contributed by atoms with Gasteiger partial charge in [-0.2, -0.15) is 0 Å². The molecular formula is C26H31NO. The van der Waals surface area contributed by atoms with Gasteiger partial charge in [-0.05, 0) is 36.3 Å². The van der Waals surface area contributed by atoms with Crippen LogP contribution in [0.25, 0.3) is 0 Å². The first-order valence-electron chi connectivity index (χ1n) is 10.6. The molecule has 2 aromatic rings. The summed E-state index contributed by atoms with van der Waals surface area (Å²) in [5.41, 5.74) is 3.77. The molecule has 4 rings (SSSR count). The SMILES string of the molecule is C=C1CN(Cc2ccccc2)[C@H]2CCC[C@@H](/C=C/CC(O)c3ccccc3)[C@@H]12. The number of hydrogen-bond acceptors (Lipinski definition) is 2. The molecule has 2 nitrogen and oxygen atoms in total. The maximum atomic E-state index is 10.4. The number of likely N-dealkylation sites (tertiary alicyclic amines) is 1. The van der Waals surface area contributed by atoms with E-state index in [1.807, 2.05) is 30.3 Å². The van der Waals surface area contributed by atoms with Crippen LogP contribution < -0.4 is 0 Å². The van der Waals surface area contributed by atoms with E-state index in [0.29, 0.717) is 24.3 Å². The van der Waals surface area contributed by atoms with E-state index < -0.39 is 6.10 Å². The zero-order chi connectivity index (χ0) is 19.3. The quantitative estimate of drug-likeness (QED) is 0.674. The minimum atomic E-state index is -0.418. The van der Waals surface area contributed by atoms with Gasteiger partial charge in [-0.1, -0.05) is 91.4 Å². The van der Waals surface area contributed by atoms with E-state index in [1.54, 1.807) is 0 Å². The van der Waals surface area contributed by atoms with E-state index in [9.17, 15) is 5.11 Å². The Labute approximate surface area is 169 Å². The summed E-state index contributed by atoms with van der Waals surface area (Å²) in [4.78, 5) is 2.63. The lowest BCUT2D eigenvalue weighted by molar-refractivity contribution is 0.154. The molecule has 1 unspecified atom stereocenters. The second-order valence-electron chi connectivity index (χ2n) is 8.33. The Hall–Kier alpha value is -2.16. The van der Waals surface area contributed by atoms with Gasteiger partial charge in [0.15, 0.2) is 0 Å². The van der Waals surface area contributed by atoms with Crippen molar-refractivity contribution in [3.05, 3.63) is 96.1 Å². The predicted octanol–water partition coefficient (Wildman–Crippen LogP) is 5.52. The molecule has 4 atom stereocenters. The van der Waals surface area contributed by atoms with Gasteiger partial charge in [0.1, 0.15) is 0 Å². The van der Waals surface area contributed by atoms with Gasteiger partial charge in [0.2, 0.25) is 0 Å². The first-order valence-corrected chi connectivity index (χ1v) is 10.6. The molecule has 1 saturated heterocycles. The lowest BCUT2D eigenvalue weighted by atomic mass is 9.74. The molecule has 0 radical (unpaired) electrons. The van der Waals surface area contributed by atoms with Crippen molar-refractivity contribution in [3.63, 3.8) is 0 Å². The standard InChI is InChI=1S/C26H31NO/c1-20-18-27(19-21-10-4-2-5-11-21)24-16-8-14-23(26(20)24)15-9-17-25(28)22-12-6-3-7-13-22/h2-7,9-13,15,23-26,28H,1,8,14,16-19H2/b15-9+/t23-,24-,25?,26+/m0/s1. The molecule has 2 fully saturated rings. The monoisotopic (exact) mass is 373 g/mol. The summed E-state index contributed by atoms with van der Waals surface area (Å²) in [6, 6.07) is 21.3. The Morgan fingerprint density at radius 2 is 1.75 bits per heavy atom. The van der Waals surface area contributed by atoms with Crippen LogP contribution in [0.2, 0.25) is 0 Å². The summed E-state index contributed by atoms with van der Waals surface area (Å²) in [5, 5.41) is 10.4. The van der Waals surface area contributed by atoms with Crippen LogP contribution in [0.5, 0.6) is 0 Å². The van der Waals surface area contributed by atoms with Crippen LogP contribution in [-0.4, -0.2) is 22.6 Å². The summed E-state index contributed by atoms with van der Waals surface area (Å²) >= 11 is 0. The highest BCUT2D eigenvalue weighted by Crippen LogP contribution is 2.43. The normalized spacial score (nSPS) is 26.5. The molecule has 0 aromatic heterocycles. The lowest BCUT2D eigenvalue weighted by Crippen LogP contribution is -2.37. The molecule has 1 saturated carbocycles. The molecule has 2 aliphatic rings. The molecule has 0 spiro atoms. The third kappa shape index (κ3) is 4.29. The van der Waals surface area contributed by atoms with Gasteiger partial charge in [-0.3, -0.25) is 4.90 Å². The number of benzene rings is 2. The van der Waals surface area contributed by atoms with Crippen LogP contribution in [0.3, 0.4) is 0 Å². The number of hydrogen-bond donors (Lipinski definition) is 1. The Kier molecular flexibility index (Phi) is 6.09. The second kappa shape index (κ2) is 8.89. The number of fused-ring (bicyclic) bond motifs is 1. The van der Waals surface area contributed by atoms with E-state index in [2.05, 4.69) is 54.0 Å². The van der Waals surface area contributed by atoms with Crippen LogP contribution in [0.15, 0.2) is 85.0 Å². The molecule has 1 aliphatic carbocycles. The van der Waals surface area contributed by atoms with Crippen LogP contribution >= 0.6 is 0 Å². The third-order valence-electron chi connectivity index (χ3n) is 6.42. The Balaban J connectivity index is 1.40. The smallest absolute Gasteiger partial charge is 0.0824 e. The van der Waals surface area contributed by atoms with E-state index in [-0.39, 0.29) is 0 Å². The fourth-order valence-electron chi connectivity index (χ4n) is 5.08. The molecule has 2 aromatic carbocycles. The molecule has 1 N–H and O–H groups in total. The number of allylic oxidation sites excluding steroid dienone is 1. The Morgan fingerprint density at radius 1 is 1.04 bits per heavy atom. The zero-order valence-corrected chi connectivity index (χ0v) is 16.6. The van der Waals surface area contributed by atoms with Crippen LogP contribution in [-0.2, 0) is 6.54 Å². The van der Waals surface area contributed by atoms with Crippen molar-refractivity contribution in [2.24, 2.45) is 11.8 Å². The van der Waals surface area contributed by atoms with Crippen molar-refractivity contribution in [3.8, 4) is 0 Å². The summed E-state index contributed by atoms with van der Waals surface area (Å²) in [5.74, 6) is 1.11. The van der Waals surface area contributed by atoms with E-state index in [0.717, 1.165) is 18.7 Å². The molecule has 2 heteroatoms. The second-order valence-corrected chi connectivity index (χ2v) is 8.33. The fraction of sp³-hybridized carbons (Fsp3) is 0.385. The number of aliphatic hydroxyl groups excluding tert-OH is 1. The molecule has 0 bridgehead atoms. The highest BCUT2D eigenvalue weighted by molar-refractivity contribution is 5.23. The molecular weight excluding hydrogens is 342 g/mol. The minimum Gasteiger partial charge on any atom is -0.388 e. The van der Waals surface area contributed by atoms with Gasteiger partial charge in [-0.25, -0.2) is 0 Å². The Bertz CT molecular complexity index is 798. The van der Waals surface area contributed by atoms with Crippen molar-refractivity contribution in [1.29, 1.82) is 0 Å². The maximum absolute atomic E-state index is 10.4.